The first kappa shape index (κ1) is 12.6. The van der Waals surface area contributed by atoms with Gasteiger partial charge in [-0.2, -0.15) is 0 Å². The van der Waals surface area contributed by atoms with Crippen molar-refractivity contribution in [1.82, 2.24) is 0 Å². The Morgan fingerprint density at radius 1 is 1.24 bits per heavy atom. The smallest absolute Gasteiger partial charge is 0.150 e. The highest BCUT2D eigenvalue weighted by Crippen LogP contribution is 2.35. The second-order valence-electron chi connectivity index (χ2n) is 5.03. The standard InChI is InChI=1S/C13H19NO2S/c14-10-13(8-9-17(15,16)11-13)7-6-12-4-2-1-3-5-12/h1-5H,6-11,14H2. The van der Waals surface area contributed by atoms with Gasteiger partial charge in [-0.15, -0.1) is 0 Å². The molecule has 0 aliphatic carbocycles. The van der Waals surface area contributed by atoms with Crippen molar-refractivity contribution in [1.29, 1.82) is 0 Å². The van der Waals surface area contributed by atoms with Gasteiger partial charge in [-0.3, -0.25) is 0 Å². The molecule has 1 aromatic rings. The van der Waals surface area contributed by atoms with E-state index in [1.54, 1.807) is 0 Å². The van der Waals surface area contributed by atoms with Crippen molar-refractivity contribution in [2.24, 2.45) is 11.1 Å². The molecule has 94 valence electrons. The van der Waals surface area contributed by atoms with Gasteiger partial charge in [0.05, 0.1) is 11.5 Å². The number of hydrogen-bond acceptors (Lipinski definition) is 3. The van der Waals surface area contributed by atoms with E-state index >= 15 is 0 Å². The summed E-state index contributed by atoms with van der Waals surface area (Å²) in [5.41, 5.74) is 6.86. The number of benzene rings is 1. The van der Waals surface area contributed by atoms with Crippen LogP contribution in [0.5, 0.6) is 0 Å². The summed E-state index contributed by atoms with van der Waals surface area (Å²) < 4.78 is 23.1. The second-order valence-corrected chi connectivity index (χ2v) is 7.22. The first-order valence-electron chi connectivity index (χ1n) is 6.00. The van der Waals surface area contributed by atoms with Gasteiger partial charge in [0.2, 0.25) is 0 Å². The van der Waals surface area contributed by atoms with E-state index in [0.29, 0.717) is 12.3 Å². The minimum absolute atomic E-state index is 0.186. The topological polar surface area (TPSA) is 60.2 Å². The lowest BCUT2D eigenvalue weighted by Gasteiger charge is -2.25. The summed E-state index contributed by atoms with van der Waals surface area (Å²) >= 11 is 0. The molecule has 1 aliphatic heterocycles. The van der Waals surface area contributed by atoms with Gasteiger partial charge in [-0.25, -0.2) is 8.42 Å². The molecule has 17 heavy (non-hydrogen) atoms. The van der Waals surface area contributed by atoms with Gasteiger partial charge in [0, 0.05) is 0 Å². The molecule has 2 rings (SSSR count). The van der Waals surface area contributed by atoms with Crippen molar-refractivity contribution in [3.8, 4) is 0 Å². The monoisotopic (exact) mass is 253 g/mol. The second kappa shape index (κ2) is 4.78. The Morgan fingerprint density at radius 2 is 1.94 bits per heavy atom. The zero-order valence-corrected chi connectivity index (χ0v) is 10.7. The van der Waals surface area contributed by atoms with Crippen LogP contribution in [0.1, 0.15) is 18.4 Å². The average molecular weight is 253 g/mol. The lowest BCUT2D eigenvalue weighted by atomic mass is 9.82. The highest BCUT2D eigenvalue weighted by molar-refractivity contribution is 7.91. The molecule has 3 nitrogen and oxygen atoms in total. The maximum absolute atomic E-state index is 11.6. The number of nitrogens with two attached hydrogens (primary N) is 1. The normalized spacial score (nSPS) is 27.1. The van der Waals surface area contributed by atoms with Crippen molar-refractivity contribution in [2.75, 3.05) is 18.1 Å². The van der Waals surface area contributed by atoms with Gasteiger partial charge >= 0.3 is 0 Å². The molecule has 1 unspecified atom stereocenters. The Bertz CT molecular complexity index is 469. The fourth-order valence-corrected chi connectivity index (χ4v) is 4.73. The Morgan fingerprint density at radius 3 is 2.47 bits per heavy atom. The molecular formula is C13H19NO2S. The first-order chi connectivity index (χ1) is 8.05. The third-order valence-electron chi connectivity index (χ3n) is 3.69. The summed E-state index contributed by atoms with van der Waals surface area (Å²) in [6, 6.07) is 10.2. The molecular weight excluding hydrogens is 234 g/mol. The largest absolute Gasteiger partial charge is 0.330 e. The molecule has 0 spiro atoms. The summed E-state index contributed by atoms with van der Waals surface area (Å²) in [4.78, 5) is 0. The summed E-state index contributed by atoms with van der Waals surface area (Å²) in [5, 5.41) is 0. The average Bonchev–Trinajstić information content (AvgIpc) is 2.65. The molecule has 1 aromatic carbocycles. The molecule has 4 heteroatoms. The van der Waals surface area contributed by atoms with E-state index in [1.807, 2.05) is 18.2 Å². The van der Waals surface area contributed by atoms with Gasteiger partial charge in [0.1, 0.15) is 0 Å². The summed E-state index contributed by atoms with van der Waals surface area (Å²) in [7, 11) is -2.85. The van der Waals surface area contributed by atoms with Crippen LogP contribution in [0.2, 0.25) is 0 Å². The van der Waals surface area contributed by atoms with Gasteiger partial charge in [-0.1, -0.05) is 30.3 Å². The van der Waals surface area contributed by atoms with Crippen LogP contribution in [0, 0.1) is 5.41 Å². The number of sulfone groups is 1. The van der Waals surface area contributed by atoms with Crippen LogP contribution < -0.4 is 5.73 Å². The van der Waals surface area contributed by atoms with Crippen LogP contribution in [-0.2, 0) is 16.3 Å². The van der Waals surface area contributed by atoms with E-state index in [9.17, 15) is 8.42 Å². The van der Waals surface area contributed by atoms with Crippen LogP contribution in [0.4, 0.5) is 0 Å². The Balaban J connectivity index is 2.02. The van der Waals surface area contributed by atoms with Gasteiger partial charge in [0.25, 0.3) is 0 Å². The summed E-state index contributed by atoms with van der Waals surface area (Å²) in [6.45, 7) is 0.471. The van der Waals surface area contributed by atoms with Crippen molar-refractivity contribution in [2.45, 2.75) is 19.3 Å². The molecule has 0 amide bonds. The number of hydrogen-bond donors (Lipinski definition) is 1. The van der Waals surface area contributed by atoms with Gasteiger partial charge < -0.3 is 5.73 Å². The molecule has 1 aliphatic rings. The van der Waals surface area contributed by atoms with Crippen molar-refractivity contribution in [3.05, 3.63) is 35.9 Å². The third kappa shape index (κ3) is 3.07. The Kier molecular flexibility index (Phi) is 3.54. The molecule has 0 bridgehead atoms. The highest BCUT2D eigenvalue weighted by Gasteiger charge is 2.40. The molecule has 2 N–H and O–H groups in total. The van der Waals surface area contributed by atoms with Crippen molar-refractivity contribution >= 4 is 9.84 Å². The quantitative estimate of drug-likeness (QED) is 0.882. The third-order valence-corrected chi connectivity index (χ3v) is 5.57. The predicted octanol–water partition coefficient (Wildman–Crippen LogP) is 1.38. The molecule has 1 heterocycles. The van der Waals surface area contributed by atoms with E-state index in [0.717, 1.165) is 19.3 Å². The number of aryl methyl sites for hydroxylation is 1. The SMILES string of the molecule is NCC1(CCc2ccccc2)CCS(=O)(=O)C1. The van der Waals surface area contributed by atoms with Crippen molar-refractivity contribution < 1.29 is 8.42 Å². The van der Waals surface area contributed by atoms with E-state index in [2.05, 4.69) is 12.1 Å². The lowest BCUT2D eigenvalue weighted by molar-refractivity contribution is 0.319. The van der Waals surface area contributed by atoms with Crippen LogP contribution >= 0.6 is 0 Å². The van der Waals surface area contributed by atoms with Crippen LogP contribution in [0.25, 0.3) is 0 Å². The highest BCUT2D eigenvalue weighted by atomic mass is 32.2. The van der Waals surface area contributed by atoms with Crippen LogP contribution in [0.3, 0.4) is 0 Å². The molecule has 0 radical (unpaired) electrons. The fraction of sp³-hybridized carbons (Fsp3) is 0.538. The zero-order chi connectivity index (χ0) is 12.4. The minimum Gasteiger partial charge on any atom is -0.330 e. The van der Waals surface area contributed by atoms with Crippen molar-refractivity contribution in [3.63, 3.8) is 0 Å². The van der Waals surface area contributed by atoms with E-state index in [-0.39, 0.29) is 11.2 Å². The van der Waals surface area contributed by atoms with Gasteiger partial charge in [-0.05, 0) is 36.8 Å². The molecule has 0 saturated carbocycles. The minimum atomic E-state index is -2.85. The lowest BCUT2D eigenvalue weighted by Crippen LogP contribution is -2.32. The predicted molar refractivity (Wildman–Crippen MR) is 69.5 cm³/mol. The zero-order valence-electron chi connectivity index (χ0n) is 9.93. The maximum Gasteiger partial charge on any atom is 0.150 e. The molecule has 1 saturated heterocycles. The Hall–Kier alpha value is -0.870. The Labute approximate surface area is 103 Å². The van der Waals surface area contributed by atoms with E-state index in [1.165, 1.54) is 5.56 Å². The van der Waals surface area contributed by atoms with Gasteiger partial charge in [0.15, 0.2) is 9.84 Å². The van der Waals surface area contributed by atoms with E-state index < -0.39 is 9.84 Å². The first-order valence-corrected chi connectivity index (χ1v) is 7.82. The summed E-state index contributed by atoms with van der Waals surface area (Å²) in [6.07, 6.45) is 2.50. The molecule has 1 atom stereocenters. The van der Waals surface area contributed by atoms with Crippen LogP contribution in [0.15, 0.2) is 30.3 Å². The van der Waals surface area contributed by atoms with E-state index in [4.69, 9.17) is 5.73 Å². The molecule has 1 fully saturated rings. The van der Waals surface area contributed by atoms with Crippen LogP contribution in [-0.4, -0.2) is 26.5 Å². The summed E-state index contributed by atoms with van der Waals surface area (Å²) in [5.74, 6) is 0.572. The molecule has 0 aromatic heterocycles. The fourth-order valence-electron chi connectivity index (χ4n) is 2.50. The maximum atomic E-state index is 11.6. The number of rotatable bonds is 4.